The molecular formula is C17H21N3O3S. The Morgan fingerprint density at radius 2 is 2.08 bits per heavy atom. The largest absolute Gasteiger partial charge is 0.494 e. The molecule has 2 aromatic rings. The second-order valence-corrected chi connectivity index (χ2v) is 5.92. The summed E-state index contributed by atoms with van der Waals surface area (Å²) >= 11 is 1.29. The van der Waals surface area contributed by atoms with Crippen molar-refractivity contribution >= 4 is 28.5 Å². The van der Waals surface area contributed by atoms with E-state index in [2.05, 4.69) is 15.5 Å². The molecule has 0 fully saturated rings. The predicted octanol–water partition coefficient (Wildman–Crippen LogP) is 3.90. The van der Waals surface area contributed by atoms with Gasteiger partial charge < -0.3 is 9.47 Å². The van der Waals surface area contributed by atoms with Gasteiger partial charge in [-0.3, -0.25) is 10.2 Å². The molecule has 7 heteroatoms. The number of nitrogens with one attached hydrogen (secondary N) is 1. The molecule has 0 bridgehead atoms. The zero-order chi connectivity index (χ0) is 17.5. The molecule has 6 nitrogen and oxygen atoms in total. The van der Waals surface area contributed by atoms with Gasteiger partial charge in [0.1, 0.15) is 11.5 Å². The van der Waals surface area contributed by atoms with E-state index in [1.807, 2.05) is 39.0 Å². The molecule has 0 aliphatic rings. The lowest BCUT2D eigenvalue weighted by molar-refractivity contribution is 0.102. The monoisotopic (exact) mass is 347 g/mol. The average molecular weight is 347 g/mol. The highest BCUT2D eigenvalue weighted by Gasteiger charge is 2.10. The van der Waals surface area contributed by atoms with Crippen LogP contribution in [0.4, 0.5) is 5.13 Å². The molecule has 0 aliphatic carbocycles. The number of aryl methyl sites for hydroxylation is 1. The van der Waals surface area contributed by atoms with Crippen LogP contribution in [0.25, 0.3) is 0 Å². The van der Waals surface area contributed by atoms with Crippen molar-refractivity contribution in [2.45, 2.75) is 27.7 Å². The number of aromatic nitrogens is 1. The van der Waals surface area contributed by atoms with E-state index >= 15 is 0 Å². The number of anilines is 1. The van der Waals surface area contributed by atoms with Gasteiger partial charge in [-0.05, 0) is 32.9 Å². The highest BCUT2D eigenvalue weighted by atomic mass is 32.1. The lowest BCUT2D eigenvalue weighted by Gasteiger charge is -2.09. The molecule has 0 spiro atoms. The van der Waals surface area contributed by atoms with Crippen molar-refractivity contribution in [3.05, 3.63) is 34.3 Å². The fourth-order valence-corrected chi connectivity index (χ4v) is 2.90. The summed E-state index contributed by atoms with van der Waals surface area (Å²) in [7, 11) is 0. The van der Waals surface area contributed by atoms with Gasteiger partial charge in [0, 0.05) is 18.6 Å². The fraction of sp³-hybridized carbons (Fsp3) is 0.353. The van der Waals surface area contributed by atoms with Crippen LogP contribution >= 0.6 is 11.3 Å². The number of hydrazone groups is 1. The Kier molecular flexibility index (Phi) is 6.31. The predicted molar refractivity (Wildman–Crippen MR) is 96.9 cm³/mol. The highest BCUT2D eigenvalue weighted by molar-refractivity contribution is 7.17. The molecular weight excluding hydrogens is 326 g/mol. The van der Waals surface area contributed by atoms with Gasteiger partial charge >= 0.3 is 0 Å². The van der Waals surface area contributed by atoms with Crippen LogP contribution in [-0.4, -0.2) is 30.2 Å². The molecule has 1 heterocycles. The van der Waals surface area contributed by atoms with Crippen LogP contribution < -0.4 is 14.9 Å². The third kappa shape index (κ3) is 4.55. The molecule has 2 rings (SSSR count). The van der Waals surface area contributed by atoms with Crippen LogP contribution in [-0.2, 0) is 0 Å². The minimum Gasteiger partial charge on any atom is -0.494 e. The number of ketones is 1. The first kappa shape index (κ1) is 17.9. The highest BCUT2D eigenvalue weighted by Crippen LogP contribution is 2.25. The molecule has 0 radical (unpaired) electrons. The van der Waals surface area contributed by atoms with Crippen molar-refractivity contribution in [3.8, 4) is 11.5 Å². The van der Waals surface area contributed by atoms with Gasteiger partial charge in [0.15, 0.2) is 5.78 Å². The van der Waals surface area contributed by atoms with E-state index < -0.39 is 0 Å². The molecule has 0 amide bonds. The van der Waals surface area contributed by atoms with Crippen LogP contribution in [0.3, 0.4) is 0 Å². The van der Waals surface area contributed by atoms with Crippen molar-refractivity contribution < 1.29 is 14.3 Å². The molecule has 1 N–H and O–H groups in total. The van der Waals surface area contributed by atoms with Crippen molar-refractivity contribution in [1.29, 1.82) is 0 Å². The van der Waals surface area contributed by atoms with Gasteiger partial charge in [-0.25, -0.2) is 4.98 Å². The summed E-state index contributed by atoms with van der Waals surface area (Å²) in [6, 6.07) is 5.60. The third-order valence-electron chi connectivity index (χ3n) is 3.08. The molecule has 24 heavy (non-hydrogen) atoms. The number of nitrogens with zero attached hydrogens (tertiary/aromatic N) is 2. The zero-order valence-corrected chi connectivity index (χ0v) is 15.1. The Labute approximate surface area is 145 Å². The van der Waals surface area contributed by atoms with E-state index in [4.69, 9.17) is 9.47 Å². The Bertz CT molecular complexity index is 741. The SMILES string of the molecule is CCOc1ccc(/C=N\Nc2nc(C)c(C(C)=O)s2)c(OCC)c1. The summed E-state index contributed by atoms with van der Waals surface area (Å²) in [5.41, 5.74) is 4.39. The fourth-order valence-electron chi connectivity index (χ4n) is 2.09. The number of rotatable bonds is 8. The number of carbonyl (C=O) groups excluding carboxylic acids is 1. The maximum Gasteiger partial charge on any atom is 0.204 e. The number of thiazole rings is 1. The minimum atomic E-state index is 0.00664. The van der Waals surface area contributed by atoms with Crippen LogP contribution in [0.5, 0.6) is 11.5 Å². The second-order valence-electron chi connectivity index (χ2n) is 4.93. The molecule has 0 aliphatic heterocycles. The zero-order valence-electron chi connectivity index (χ0n) is 14.3. The van der Waals surface area contributed by atoms with Crippen LogP contribution in [0.1, 0.15) is 41.7 Å². The van der Waals surface area contributed by atoms with Gasteiger partial charge in [0.25, 0.3) is 0 Å². The van der Waals surface area contributed by atoms with E-state index in [9.17, 15) is 4.79 Å². The number of carbonyl (C=O) groups is 1. The average Bonchev–Trinajstić information content (AvgIpc) is 2.91. The number of hydrogen-bond donors (Lipinski definition) is 1. The standard InChI is InChI=1S/C17H21N3O3S/c1-5-22-14-8-7-13(15(9-14)23-6-2)10-18-20-17-19-11(3)16(24-17)12(4)21/h7-10H,5-6H2,1-4H3,(H,19,20)/b18-10-. The van der Waals surface area contributed by atoms with Gasteiger partial charge in [0.2, 0.25) is 5.13 Å². The lowest BCUT2D eigenvalue weighted by atomic mass is 10.2. The van der Waals surface area contributed by atoms with Crippen LogP contribution in [0, 0.1) is 6.92 Å². The van der Waals surface area contributed by atoms with Gasteiger partial charge in [-0.15, -0.1) is 0 Å². The van der Waals surface area contributed by atoms with E-state index in [-0.39, 0.29) is 5.78 Å². The van der Waals surface area contributed by atoms with E-state index in [0.29, 0.717) is 34.7 Å². The molecule has 128 valence electrons. The summed E-state index contributed by atoms with van der Waals surface area (Å²) in [6.07, 6.45) is 1.66. The maximum atomic E-state index is 11.5. The van der Waals surface area contributed by atoms with Crippen LogP contribution in [0.15, 0.2) is 23.3 Å². The minimum absolute atomic E-state index is 0.00664. The third-order valence-corrected chi connectivity index (χ3v) is 4.24. The van der Waals surface area contributed by atoms with Crippen molar-refractivity contribution in [3.63, 3.8) is 0 Å². The van der Waals surface area contributed by atoms with Gasteiger partial charge in [-0.1, -0.05) is 11.3 Å². The first-order chi connectivity index (χ1) is 11.5. The van der Waals surface area contributed by atoms with Gasteiger partial charge in [0.05, 0.1) is 30.0 Å². The molecule has 1 aromatic heterocycles. The number of hydrogen-bond acceptors (Lipinski definition) is 7. The first-order valence-electron chi connectivity index (χ1n) is 7.72. The molecule has 0 saturated heterocycles. The Balaban J connectivity index is 2.13. The first-order valence-corrected chi connectivity index (χ1v) is 8.53. The summed E-state index contributed by atoms with van der Waals surface area (Å²) < 4.78 is 11.1. The molecule has 0 atom stereocenters. The smallest absolute Gasteiger partial charge is 0.204 e. The maximum absolute atomic E-state index is 11.5. The molecule has 0 saturated carbocycles. The van der Waals surface area contributed by atoms with Crippen LogP contribution in [0.2, 0.25) is 0 Å². The Morgan fingerprint density at radius 1 is 1.33 bits per heavy atom. The van der Waals surface area contributed by atoms with Crippen molar-refractivity contribution in [2.24, 2.45) is 5.10 Å². The summed E-state index contributed by atoms with van der Waals surface area (Å²) in [4.78, 5) is 16.4. The second kappa shape index (κ2) is 8.44. The van der Waals surface area contributed by atoms with E-state index in [1.165, 1.54) is 18.3 Å². The number of ether oxygens (including phenoxy) is 2. The quantitative estimate of drug-likeness (QED) is 0.445. The summed E-state index contributed by atoms with van der Waals surface area (Å²) in [6.45, 7) is 8.35. The van der Waals surface area contributed by atoms with Crippen molar-refractivity contribution in [2.75, 3.05) is 18.6 Å². The Morgan fingerprint density at radius 3 is 2.71 bits per heavy atom. The number of benzene rings is 1. The topological polar surface area (TPSA) is 72.8 Å². The summed E-state index contributed by atoms with van der Waals surface area (Å²) in [5, 5.41) is 4.77. The van der Waals surface area contributed by atoms with Crippen molar-refractivity contribution in [1.82, 2.24) is 4.98 Å². The lowest BCUT2D eigenvalue weighted by Crippen LogP contribution is -1.99. The number of Topliss-reactive ketones (excluding diaryl/α,β-unsaturated/α-hetero) is 1. The molecule has 0 unspecified atom stereocenters. The Hall–Kier alpha value is -2.41. The normalized spacial score (nSPS) is 10.8. The van der Waals surface area contributed by atoms with E-state index in [0.717, 1.165) is 11.3 Å². The molecule has 1 aromatic carbocycles. The summed E-state index contributed by atoms with van der Waals surface area (Å²) in [5.74, 6) is 1.47. The van der Waals surface area contributed by atoms with E-state index in [1.54, 1.807) is 6.21 Å². The van der Waals surface area contributed by atoms with Gasteiger partial charge in [-0.2, -0.15) is 5.10 Å².